The van der Waals surface area contributed by atoms with Crippen molar-refractivity contribution in [1.29, 1.82) is 0 Å². The first-order chi connectivity index (χ1) is 8.99. The van der Waals surface area contributed by atoms with E-state index in [1.165, 1.54) is 26.0 Å². The summed E-state index contributed by atoms with van der Waals surface area (Å²) in [6.07, 6.45) is 0. The molecule has 7 heteroatoms. The molecule has 1 rings (SSSR count). The first-order valence-corrected chi connectivity index (χ1v) is 6.62. The lowest BCUT2D eigenvalue weighted by atomic mass is 9.74. The predicted octanol–water partition coefficient (Wildman–Crippen LogP) is 3.01. The lowest BCUT2D eigenvalue weighted by molar-refractivity contribution is -0.150. The number of hydrogen-bond donors (Lipinski definition) is 2. The number of amides is 1. The molecule has 0 aliphatic heterocycles. The van der Waals surface area contributed by atoms with Gasteiger partial charge in [-0.2, -0.15) is 0 Å². The Bertz CT molecular complexity index is 557. The van der Waals surface area contributed by atoms with Gasteiger partial charge in [0.1, 0.15) is 10.8 Å². The third-order valence-corrected chi connectivity index (χ3v) is 4.07. The number of pyridine rings is 1. The Hall–Kier alpha value is -1.33. The maximum Gasteiger partial charge on any atom is 0.311 e. The Labute approximate surface area is 127 Å². The average Bonchev–Trinajstić information content (AvgIpc) is 2.31. The normalized spacial score (nSPS) is 12.1. The molecule has 1 amide bonds. The predicted molar refractivity (Wildman–Crippen MR) is 77.2 cm³/mol. The standard InChI is InChI=1S/C13H16Cl2N2O3/c1-12(2,11(19)20)13(3,4)17-10(18)9-7(14)5-6-8(15)16-9/h5-6H,1-4H3,(H,17,18)(H,19,20). The van der Waals surface area contributed by atoms with E-state index in [2.05, 4.69) is 10.3 Å². The van der Waals surface area contributed by atoms with Gasteiger partial charge >= 0.3 is 5.97 Å². The summed E-state index contributed by atoms with van der Waals surface area (Å²) in [5, 5.41) is 12.2. The van der Waals surface area contributed by atoms with Gasteiger partial charge in [0, 0.05) is 0 Å². The molecule has 1 heterocycles. The molecule has 0 bridgehead atoms. The van der Waals surface area contributed by atoms with E-state index in [-0.39, 0.29) is 15.9 Å². The topological polar surface area (TPSA) is 79.3 Å². The van der Waals surface area contributed by atoms with Gasteiger partial charge in [0.2, 0.25) is 0 Å². The third-order valence-electron chi connectivity index (χ3n) is 3.55. The maximum absolute atomic E-state index is 12.2. The van der Waals surface area contributed by atoms with Crippen LogP contribution in [0.1, 0.15) is 38.2 Å². The summed E-state index contributed by atoms with van der Waals surface area (Å²) in [7, 11) is 0. The van der Waals surface area contributed by atoms with E-state index in [0.717, 1.165) is 0 Å². The Morgan fingerprint density at radius 1 is 1.20 bits per heavy atom. The van der Waals surface area contributed by atoms with Crippen molar-refractivity contribution < 1.29 is 14.7 Å². The van der Waals surface area contributed by atoms with Crippen molar-refractivity contribution in [3.63, 3.8) is 0 Å². The minimum atomic E-state index is -1.17. The van der Waals surface area contributed by atoms with Gasteiger partial charge < -0.3 is 10.4 Å². The van der Waals surface area contributed by atoms with Crippen molar-refractivity contribution in [2.24, 2.45) is 5.41 Å². The Balaban J connectivity index is 3.06. The minimum Gasteiger partial charge on any atom is -0.481 e. The summed E-state index contributed by atoms with van der Waals surface area (Å²) in [5.41, 5.74) is -2.22. The van der Waals surface area contributed by atoms with E-state index in [1.807, 2.05) is 0 Å². The van der Waals surface area contributed by atoms with Crippen LogP contribution in [0.2, 0.25) is 10.2 Å². The van der Waals surface area contributed by atoms with Crippen LogP contribution in [-0.4, -0.2) is 27.5 Å². The van der Waals surface area contributed by atoms with Crippen LogP contribution in [0, 0.1) is 5.41 Å². The lowest BCUT2D eigenvalue weighted by Gasteiger charge is -2.38. The van der Waals surface area contributed by atoms with Gasteiger partial charge in [-0.3, -0.25) is 9.59 Å². The van der Waals surface area contributed by atoms with Crippen molar-refractivity contribution >= 4 is 35.1 Å². The molecular weight excluding hydrogens is 303 g/mol. The van der Waals surface area contributed by atoms with Gasteiger partial charge in [-0.1, -0.05) is 23.2 Å². The molecule has 0 fully saturated rings. The number of hydrogen-bond acceptors (Lipinski definition) is 3. The van der Waals surface area contributed by atoms with Crippen molar-refractivity contribution in [3.8, 4) is 0 Å². The first-order valence-electron chi connectivity index (χ1n) is 5.87. The van der Waals surface area contributed by atoms with Crippen molar-refractivity contribution in [2.45, 2.75) is 33.2 Å². The number of halogens is 2. The molecule has 0 unspecified atom stereocenters. The monoisotopic (exact) mass is 318 g/mol. The van der Waals surface area contributed by atoms with Gasteiger partial charge in [-0.15, -0.1) is 0 Å². The summed E-state index contributed by atoms with van der Waals surface area (Å²) in [4.78, 5) is 27.3. The Kier molecular flexibility index (Phi) is 4.66. The van der Waals surface area contributed by atoms with Crippen LogP contribution < -0.4 is 5.32 Å². The highest BCUT2D eigenvalue weighted by Crippen LogP contribution is 2.31. The van der Waals surface area contributed by atoms with Gasteiger partial charge in [0.15, 0.2) is 0 Å². The van der Waals surface area contributed by atoms with E-state index >= 15 is 0 Å². The molecule has 0 radical (unpaired) electrons. The van der Waals surface area contributed by atoms with Crippen molar-refractivity contribution in [1.82, 2.24) is 10.3 Å². The quantitative estimate of drug-likeness (QED) is 0.836. The number of carbonyl (C=O) groups excluding carboxylic acids is 1. The number of nitrogens with zero attached hydrogens (tertiary/aromatic N) is 1. The number of aromatic nitrogens is 1. The van der Waals surface area contributed by atoms with Crippen molar-refractivity contribution in [3.05, 3.63) is 28.0 Å². The van der Waals surface area contributed by atoms with Crippen LogP contribution >= 0.6 is 23.2 Å². The Morgan fingerprint density at radius 2 is 1.75 bits per heavy atom. The van der Waals surface area contributed by atoms with E-state index in [0.29, 0.717) is 0 Å². The summed E-state index contributed by atoms with van der Waals surface area (Å²) in [6.45, 7) is 6.31. The summed E-state index contributed by atoms with van der Waals surface area (Å²) >= 11 is 11.6. The number of aliphatic carboxylic acids is 1. The van der Waals surface area contributed by atoms with E-state index in [1.54, 1.807) is 13.8 Å². The number of carboxylic acid groups (broad SMARTS) is 1. The molecule has 20 heavy (non-hydrogen) atoms. The molecule has 5 nitrogen and oxygen atoms in total. The van der Waals surface area contributed by atoms with E-state index in [4.69, 9.17) is 23.2 Å². The highest BCUT2D eigenvalue weighted by Gasteiger charge is 2.44. The number of carboxylic acids is 1. The van der Waals surface area contributed by atoms with Crippen LogP contribution in [0.3, 0.4) is 0 Å². The fraction of sp³-hybridized carbons (Fsp3) is 0.462. The minimum absolute atomic E-state index is 0.0339. The highest BCUT2D eigenvalue weighted by molar-refractivity contribution is 6.34. The molecule has 2 N–H and O–H groups in total. The molecule has 1 aromatic heterocycles. The third kappa shape index (κ3) is 3.22. The van der Waals surface area contributed by atoms with Crippen LogP contribution in [0.25, 0.3) is 0 Å². The molecule has 110 valence electrons. The van der Waals surface area contributed by atoms with Crippen LogP contribution in [0.15, 0.2) is 12.1 Å². The lowest BCUT2D eigenvalue weighted by Crippen LogP contribution is -2.57. The number of nitrogens with one attached hydrogen (secondary N) is 1. The second-order valence-corrected chi connectivity index (χ2v) is 6.27. The zero-order chi connectivity index (χ0) is 15.7. The van der Waals surface area contributed by atoms with E-state index in [9.17, 15) is 14.7 Å². The van der Waals surface area contributed by atoms with Crippen LogP contribution in [0.4, 0.5) is 0 Å². The number of rotatable bonds is 4. The highest BCUT2D eigenvalue weighted by atomic mass is 35.5. The second-order valence-electron chi connectivity index (χ2n) is 5.47. The summed E-state index contributed by atoms with van der Waals surface area (Å²) in [5.74, 6) is -1.59. The summed E-state index contributed by atoms with van der Waals surface area (Å²) in [6, 6.07) is 2.92. The SMILES string of the molecule is CC(C)(NC(=O)c1nc(Cl)ccc1Cl)C(C)(C)C(=O)O. The van der Waals surface area contributed by atoms with Gasteiger partial charge in [-0.05, 0) is 39.8 Å². The average molecular weight is 319 g/mol. The molecule has 0 aliphatic carbocycles. The summed E-state index contributed by atoms with van der Waals surface area (Å²) < 4.78 is 0. The molecule has 0 spiro atoms. The van der Waals surface area contributed by atoms with Crippen LogP contribution in [0.5, 0.6) is 0 Å². The maximum atomic E-state index is 12.2. The van der Waals surface area contributed by atoms with Gasteiger partial charge in [0.05, 0.1) is 16.0 Å². The fourth-order valence-electron chi connectivity index (χ4n) is 1.34. The molecule has 1 aromatic rings. The molecule has 0 aliphatic rings. The fourth-order valence-corrected chi connectivity index (χ4v) is 1.68. The molecule has 0 saturated carbocycles. The van der Waals surface area contributed by atoms with Crippen LogP contribution in [-0.2, 0) is 4.79 Å². The Morgan fingerprint density at radius 3 is 2.25 bits per heavy atom. The molecule has 0 saturated heterocycles. The molecule has 0 aromatic carbocycles. The van der Waals surface area contributed by atoms with E-state index < -0.39 is 22.8 Å². The second kappa shape index (κ2) is 5.58. The first kappa shape index (κ1) is 16.7. The van der Waals surface area contributed by atoms with Gasteiger partial charge in [0.25, 0.3) is 5.91 Å². The number of carbonyl (C=O) groups is 2. The van der Waals surface area contributed by atoms with Crippen molar-refractivity contribution in [2.75, 3.05) is 0 Å². The zero-order valence-corrected chi connectivity index (χ0v) is 13.1. The molecule has 0 atom stereocenters. The zero-order valence-electron chi connectivity index (χ0n) is 11.6. The smallest absolute Gasteiger partial charge is 0.311 e. The molecular formula is C13H16Cl2N2O3. The van der Waals surface area contributed by atoms with Gasteiger partial charge in [-0.25, -0.2) is 4.98 Å². The largest absolute Gasteiger partial charge is 0.481 e.